The Kier molecular flexibility index (Phi) is 7.48. The molecule has 1 aromatic heterocycles. The van der Waals surface area contributed by atoms with Gasteiger partial charge in [-0.2, -0.15) is 13.2 Å². The number of hydrogen-bond acceptors (Lipinski definition) is 7. The zero-order valence-electron chi connectivity index (χ0n) is 19.6. The first-order chi connectivity index (χ1) is 17.8. The third-order valence-electron chi connectivity index (χ3n) is 5.42. The number of methoxy groups -OCH3 is 1. The van der Waals surface area contributed by atoms with Crippen LogP contribution in [0.3, 0.4) is 0 Å². The molecule has 0 unspecified atom stereocenters. The first-order valence-corrected chi connectivity index (χ1v) is 11.3. The van der Waals surface area contributed by atoms with E-state index in [-0.39, 0.29) is 34.3 Å². The van der Waals surface area contributed by atoms with Crippen LogP contribution in [-0.2, 0) is 20.4 Å². The lowest BCUT2D eigenvalue weighted by atomic mass is 9.98. The molecule has 2 heterocycles. The first-order valence-electron chi connectivity index (χ1n) is 10.9. The van der Waals surface area contributed by atoms with E-state index >= 15 is 0 Å². The quantitative estimate of drug-likeness (QED) is 0.269. The summed E-state index contributed by atoms with van der Waals surface area (Å²) in [5, 5.41) is 7.02. The number of fused-ring (bicyclic) bond motifs is 3. The fraction of sp³-hybridized carbons (Fsp3) is 0.348. The van der Waals surface area contributed by atoms with Gasteiger partial charge >= 0.3 is 18.5 Å². The molecule has 8 nitrogen and oxygen atoms in total. The highest BCUT2D eigenvalue weighted by Crippen LogP contribution is 2.48. The highest BCUT2D eigenvalue weighted by atomic mass is 35.5. The van der Waals surface area contributed by atoms with E-state index in [0.717, 1.165) is 13.2 Å². The molecule has 0 saturated heterocycles. The summed E-state index contributed by atoms with van der Waals surface area (Å²) in [5.74, 6) is -3.71. The van der Waals surface area contributed by atoms with Crippen LogP contribution in [0.5, 0.6) is 11.5 Å². The predicted molar refractivity (Wildman–Crippen MR) is 118 cm³/mol. The van der Waals surface area contributed by atoms with E-state index in [9.17, 15) is 31.1 Å². The van der Waals surface area contributed by atoms with E-state index in [1.165, 1.54) is 37.3 Å². The SMILES string of the molecule is CCOC(=O)C[C@H]1O[C@H](c2cccc(OC(F)(F)F)c2OC)c2cc(Cl)ccc2-n2c1nnc2C(F)(F)F. The van der Waals surface area contributed by atoms with Crippen LogP contribution in [0.4, 0.5) is 26.3 Å². The number of alkyl halides is 6. The molecule has 0 amide bonds. The minimum absolute atomic E-state index is 0.0119. The summed E-state index contributed by atoms with van der Waals surface area (Å²) in [4.78, 5) is 12.4. The monoisotopic (exact) mass is 565 g/mol. The van der Waals surface area contributed by atoms with Gasteiger partial charge in [-0.15, -0.1) is 23.4 Å². The number of ether oxygens (including phenoxy) is 4. The molecule has 0 spiro atoms. The Morgan fingerprint density at radius 3 is 2.47 bits per heavy atom. The van der Waals surface area contributed by atoms with Crippen molar-refractivity contribution in [2.24, 2.45) is 0 Å². The molecule has 2 atom stereocenters. The molecular formula is C23H18ClF6N3O5. The minimum atomic E-state index is -5.07. The molecule has 204 valence electrons. The lowest BCUT2D eigenvalue weighted by Crippen LogP contribution is -2.19. The molecule has 0 fully saturated rings. The minimum Gasteiger partial charge on any atom is -0.492 e. The third kappa shape index (κ3) is 5.50. The molecule has 0 bridgehead atoms. The second-order valence-electron chi connectivity index (χ2n) is 7.86. The topological polar surface area (TPSA) is 84.7 Å². The Morgan fingerprint density at radius 1 is 1.11 bits per heavy atom. The van der Waals surface area contributed by atoms with Crippen LogP contribution < -0.4 is 9.47 Å². The smallest absolute Gasteiger partial charge is 0.492 e. The van der Waals surface area contributed by atoms with Gasteiger partial charge in [0.2, 0.25) is 5.82 Å². The fourth-order valence-corrected chi connectivity index (χ4v) is 4.26. The van der Waals surface area contributed by atoms with Crippen molar-refractivity contribution in [3.8, 4) is 17.2 Å². The maximum atomic E-state index is 13.9. The van der Waals surface area contributed by atoms with Gasteiger partial charge in [-0.05, 0) is 31.2 Å². The van der Waals surface area contributed by atoms with Crippen molar-refractivity contribution >= 4 is 17.6 Å². The molecule has 1 aliphatic rings. The second kappa shape index (κ2) is 10.3. The number of carbonyl (C=O) groups is 1. The average molecular weight is 566 g/mol. The Labute approximate surface area is 216 Å². The Bertz CT molecular complexity index is 1340. The van der Waals surface area contributed by atoms with Gasteiger partial charge in [-0.3, -0.25) is 9.36 Å². The Balaban J connectivity index is 1.98. The van der Waals surface area contributed by atoms with Gasteiger partial charge in [-0.1, -0.05) is 23.7 Å². The molecule has 15 heteroatoms. The largest absolute Gasteiger partial charge is 0.573 e. The van der Waals surface area contributed by atoms with Crippen molar-refractivity contribution in [2.45, 2.75) is 38.1 Å². The third-order valence-corrected chi connectivity index (χ3v) is 5.66. The average Bonchev–Trinajstić information content (AvgIpc) is 3.22. The van der Waals surface area contributed by atoms with Gasteiger partial charge in [0.1, 0.15) is 12.2 Å². The number of rotatable bonds is 6. The standard InChI is InChI=1S/C23H18ClF6N3O5/c1-3-36-17(34)10-16-20-31-32-21(22(25,26)27)33(20)14-8-7-11(24)9-13(14)18(37-16)12-5-4-6-15(19(12)35-2)38-23(28,29)30/h4-9,16,18H,3,10H2,1-2H3/t16-,18-/m1/s1. The van der Waals surface area contributed by atoms with Crippen LogP contribution >= 0.6 is 11.6 Å². The maximum Gasteiger partial charge on any atom is 0.573 e. The molecule has 0 aliphatic carbocycles. The number of aromatic nitrogens is 3. The molecule has 38 heavy (non-hydrogen) atoms. The van der Waals surface area contributed by atoms with Crippen molar-refractivity contribution in [1.29, 1.82) is 0 Å². The number of halogens is 7. The van der Waals surface area contributed by atoms with Crippen LogP contribution in [0.15, 0.2) is 36.4 Å². The van der Waals surface area contributed by atoms with Crippen molar-refractivity contribution in [2.75, 3.05) is 13.7 Å². The van der Waals surface area contributed by atoms with E-state index in [4.69, 9.17) is 25.8 Å². The number of para-hydroxylation sites is 1. The summed E-state index contributed by atoms with van der Waals surface area (Å²) < 4.78 is 102. The number of benzene rings is 2. The van der Waals surface area contributed by atoms with E-state index in [1.54, 1.807) is 0 Å². The predicted octanol–water partition coefficient (Wildman–Crippen LogP) is 5.96. The summed E-state index contributed by atoms with van der Waals surface area (Å²) in [6.07, 6.45) is -13.5. The zero-order valence-corrected chi connectivity index (χ0v) is 20.3. The number of carbonyl (C=O) groups excluding carboxylic acids is 1. The van der Waals surface area contributed by atoms with Crippen LogP contribution in [0.2, 0.25) is 5.02 Å². The van der Waals surface area contributed by atoms with E-state index in [0.29, 0.717) is 4.57 Å². The van der Waals surface area contributed by atoms with Crippen molar-refractivity contribution < 1.29 is 50.1 Å². The van der Waals surface area contributed by atoms with Gasteiger partial charge in [-0.25, -0.2) is 0 Å². The van der Waals surface area contributed by atoms with Crippen LogP contribution in [-0.4, -0.2) is 40.8 Å². The highest BCUT2D eigenvalue weighted by Gasteiger charge is 2.44. The van der Waals surface area contributed by atoms with E-state index < -0.39 is 54.5 Å². The van der Waals surface area contributed by atoms with Crippen LogP contribution in [0, 0.1) is 0 Å². The van der Waals surface area contributed by atoms with E-state index in [1.807, 2.05) is 0 Å². The van der Waals surface area contributed by atoms with Gasteiger partial charge < -0.3 is 18.9 Å². The molecular weight excluding hydrogens is 548 g/mol. The number of esters is 1. The van der Waals surface area contributed by atoms with Gasteiger partial charge in [0.25, 0.3) is 0 Å². The molecule has 1 aliphatic heterocycles. The van der Waals surface area contributed by atoms with Crippen molar-refractivity contribution in [1.82, 2.24) is 14.8 Å². The van der Waals surface area contributed by atoms with Crippen molar-refractivity contribution in [3.63, 3.8) is 0 Å². The Morgan fingerprint density at radius 2 is 1.84 bits per heavy atom. The molecule has 2 aromatic carbocycles. The van der Waals surface area contributed by atoms with Gasteiger partial charge in [0, 0.05) is 16.1 Å². The summed E-state index contributed by atoms with van der Waals surface area (Å²) in [7, 11) is 1.09. The van der Waals surface area contributed by atoms with Gasteiger partial charge in [0.05, 0.1) is 25.8 Å². The normalized spacial score (nSPS) is 17.3. The molecule has 0 N–H and O–H groups in total. The second-order valence-corrected chi connectivity index (χ2v) is 8.29. The number of nitrogens with zero attached hydrogens (tertiary/aromatic N) is 3. The fourth-order valence-electron chi connectivity index (χ4n) is 4.08. The summed E-state index contributed by atoms with van der Waals surface area (Å²) >= 11 is 6.17. The van der Waals surface area contributed by atoms with Crippen LogP contribution in [0.1, 0.15) is 48.3 Å². The molecule has 4 rings (SSSR count). The summed E-state index contributed by atoms with van der Waals surface area (Å²) in [5.41, 5.74) is -0.154. The summed E-state index contributed by atoms with van der Waals surface area (Å²) in [6, 6.07) is 7.42. The number of hydrogen-bond donors (Lipinski definition) is 0. The van der Waals surface area contributed by atoms with Gasteiger partial charge in [0.15, 0.2) is 17.3 Å². The van der Waals surface area contributed by atoms with Crippen LogP contribution in [0.25, 0.3) is 5.69 Å². The zero-order chi connectivity index (χ0) is 27.8. The maximum absolute atomic E-state index is 13.9. The molecule has 0 radical (unpaired) electrons. The Hall–Kier alpha value is -3.52. The molecule has 0 saturated carbocycles. The lowest BCUT2D eigenvalue weighted by Gasteiger charge is -2.25. The van der Waals surface area contributed by atoms with Crippen molar-refractivity contribution in [3.05, 3.63) is 64.2 Å². The summed E-state index contributed by atoms with van der Waals surface area (Å²) in [6.45, 7) is 1.52. The lowest BCUT2D eigenvalue weighted by molar-refractivity contribution is -0.275. The first kappa shape index (κ1) is 27.5. The highest BCUT2D eigenvalue weighted by molar-refractivity contribution is 6.30. The van der Waals surface area contributed by atoms with E-state index in [2.05, 4.69) is 14.9 Å². The molecule has 3 aromatic rings.